The first-order valence-corrected chi connectivity index (χ1v) is 8.38. The highest BCUT2D eigenvalue weighted by molar-refractivity contribution is 5.81. The van der Waals surface area contributed by atoms with E-state index in [1.165, 1.54) is 0 Å². The molecule has 1 aromatic heterocycles. The van der Waals surface area contributed by atoms with Gasteiger partial charge in [0.1, 0.15) is 0 Å². The van der Waals surface area contributed by atoms with Crippen molar-refractivity contribution in [1.82, 2.24) is 19.6 Å². The van der Waals surface area contributed by atoms with Gasteiger partial charge >= 0.3 is 6.03 Å². The van der Waals surface area contributed by atoms with Crippen LogP contribution in [0.15, 0.2) is 12.4 Å². The highest BCUT2D eigenvalue weighted by atomic mass is 16.2. The molecule has 23 heavy (non-hydrogen) atoms. The Morgan fingerprint density at radius 3 is 2.78 bits per heavy atom. The molecular formula is C16H25N5O2. The lowest BCUT2D eigenvalue weighted by Crippen LogP contribution is -2.49. The van der Waals surface area contributed by atoms with Crippen LogP contribution in [0.4, 0.5) is 4.79 Å². The number of nitrogens with zero attached hydrogens (tertiary/aromatic N) is 4. The summed E-state index contributed by atoms with van der Waals surface area (Å²) in [5.74, 6) is 0.0542. The molecule has 2 saturated heterocycles. The predicted molar refractivity (Wildman–Crippen MR) is 85.6 cm³/mol. The quantitative estimate of drug-likeness (QED) is 0.901. The molecule has 2 N–H and O–H groups in total. The Labute approximate surface area is 136 Å². The van der Waals surface area contributed by atoms with Crippen molar-refractivity contribution < 1.29 is 9.59 Å². The minimum absolute atomic E-state index is 0.115. The summed E-state index contributed by atoms with van der Waals surface area (Å²) in [5.41, 5.74) is 6.50. The maximum absolute atomic E-state index is 12.9. The Bertz CT molecular complexity index is 585. The number of urea groups is 1. The lowest BCUT2D eigenvalue weighted by Gasteiger charge is -2.34. The van der Waals surface area contributed by atoms with Crippen LogP contribution in [0.3, 0.4) is 0 Å². The fourth-order valence-electron chi connectivity index (χ4n) is 3.71. The third-order valence-electron chi connectivity index (χ3n) is 4.90. The van der Waals surface area contributed by atoms with Gasteiger partial charge in [0.05, 0.1) is 24.7 Å². The van der Waals surface area contributed by atoms with Crippen molar-refractivity contribution >= 4 is 11.9 Å². The number of likely N-dealkylation sites (tertiary alicyclic amines) is 2. The Balaban J connectivity index is 1.64. The minimum atomic E-state index is -0.424. The van der Waals surface area contributed by atoms with Crippen LogP contribution in [-0.2, 0) is 11.3 Å². The number of nitrogens with two attached hydrogens (primary N) is 1. The zero-order chi connectivity index (χ0) is 16.4. The van der Waals surface area contributed by atoms with Crippen molar-refractivity contribution in [1.29, 1.82) is 0 Å². The van der Waals surface area contributed by atoms with Crippen molar-refractivity contribution in [3.63, 3.8) is 0 Å². The van der Waals surface area contributed by atoms with Crippen LogP contribution in [0.2, 0.25) is 0 Å². The van der Waals surface area contributed by atoms with Crippen molar-refractivity contribution in [3.05, 3.63) is 18.0 Å². The molecule has 126 valence electrons. The standard InChI is InChI=1S/C16H25N5O2/c1-12-8-18-20(9-12)11-14-5-3-7-21(14)15(22)13-4-2-6-19(10-13)16(17)23/h8-9,13-14H,2-7,10-11H2,1H3,(H2,17,23)/t13-,14-/m1/s1. The van der Waals surface area contributed by atoms with E-state index in [4.69, 9.17) is 5.73 Å². The monoisotopic (exact) mass is 319 g/mol. The number of aryl methyl sites for hydroxylation is 1. The topological polar surface area (TPSA) is 84.5 Å². The van der Waals surface area contributed by atoms with Crippen LogP contribution in [0.1, 0.15) is 31.2 Å². The summed E-state index contributed by atoms with van der Waals surface area (Å²) in [5, 5.41) is 4.33. The van der Waals surface area contributed by atoms with Crippen LogP contribution in [-0.4, -0.2) is 57.2 Å². The second-order valence-electron chi connectivity index (χ2n) is 6.69. The zero-order valence-electron chi connectivity index (χ0n) is 13.6. The van der Waals surface area contributed by atoms with Gasteiger partial charge in [-0.25, -0.2) is 4.79 Å². The van der Waals surface area contributed by atoms with Crippen LogP contribution in [0.5, 0.6) is 0 Å². The summed E-state index contributed by atoms with van der Waals surface area (Å²) in [6, 6.07) is -0.224. The molecule has 3 amide bonds. The molecule has 0 spiro atoms. The summed E-state index contributed by atoms with van der Waals surface area (Å²) in [4.78, 5) is 27.8. The molecule has 0 radical (unpaired) electrons. The van der Waals surface area contributed by atoms with Crippen LogP contribution in [0, 0.1) is 12.8 Å². The molecule has 0 aliphatic carbocycles. The number of piperidine rings is 1. The second kappa shape index (κ2) is 6.60. The van der Waals surface area contributed by atoms with Crippen molar-refractivity contribution in [2.75, 3.05) is 19.6 Å². The lowest BCUT2D eigenvalue weighted by atomic mass is 9.96. The average Bonchev–Trinajstić information content (AvgIpc) is 3.16. The molecule has 2 atom stereocenters. The molecule has 2 aliphatic rings. The molecule has 2 fully saturated rings. The van der Waals surface area contributed by atoms with Gasteiger partial charge in [0.2, 0.25) is 5.91 Å². The van der Waals surface area contributed by atoms with Gasteiger partial charge in [-0.15, -0.1) is 0 Å². The largest absolute Gasteiger partial charge is 0.351 e. The molecule has 2 aliphatic heterocycles. The molecule has 0 unspecified atom stereocenters. The lowest BCUT2D eigenvalue weighted by molar-refractivity contribution is -0.138. The highest BCUT2D eigenvalue weighted by Gasteiger charge is 2.35. The molecule has 0 bridgehead atoms. The summed E-state index contributed by atoms with van der Waals surface area (Å²) < 4.78 is 1.92. The molecule has 7 heteroatoms. The van der Waals surface area contributed by atoms with Crippen LogP contribution in [0.25, 0.3) is 0 Å². The third kappa shape index (κ3) is 3.48. The average molecular weight is 319 g/mol. The number of rotatable bonds is 3. The Morgan fingerprint density at radius 1 is 1.30 bits per heavy atom. The van der Waals surface area contributed by atoms with Gasteiger partial charge in [-0.2, -0.15) is 5.10 Å². The summed E-state index contributed by atoms with van der Waals surface area (Å²) in [6.45, 7) is 4.68. The van der Waals surface area contributed by atoms with E-state index in [0.29, 0.717) is 13.1 Å². The van der Waals surface area contributed by atoms with Gasteiger partial charge in [0.15, 0.2) is 0 Å². The summed E-state index contributed by atoms with van der Waals surface area (Å²) in [7, 11) is 0. The molecule has 0 saturated carbocycles. The third-order valence-corrected chi connectivity index (χ3v) is 4.90. The van der Waals surface area contributed by atoms with E-state index in [1.54, 1.807) is 4.90 Å². The van der Waals surface area contributed by atoms with Gasteiger partial charge in [0.25, 0.3) is 0 Å². The minimum Gasteiger partial charge on any atom is -0.351 e. The van der Waals surface area contributed by atoms with E-state index in [9.17, 15) is 9.59 Å². The first kappa shape index (κ1) is 15.8. The van der Waals surface area contributed by atoms with E-state index in [0.717, 1.165) is 44.3 Å². The number of hydrogen-bond acceptors (Lipinski definition) is 3. The number of primary amides is 1. The van der Waals surface area contributed by atoms with E-state index in [1.807, 2.05) is 28.9 Å². The first-order valence-electron chi connectivity index (χ1n) is 8.38. The zero-order valence-corrected chi connectivity index (χ0v) is 13.6. The first-order chi connectivity index (χ1) is 11.0. The number of amides is 3. The van der Waals surface area contributed by atoms with Crippen LogP contribution >= 0.6 is 0 Å². The van der Waals surface area contributed by atoms with E-state index < -0.39 is 6.03 Å². The van der Waals surface area contributed by atoms with E-state index in [-0.39, 0.29) is 17.9 Å². The highest BCUT2D eigenvalue weighted by Crippen LogP contribution is 2.25. The maximum atomic E-state index is 12.9. The van der Waals surface area contributed by atoms with E-state index >= 15 is 0 Å². The molecule has 1 aromatic rings. The Kier molecular flexibility index (Phi) is 4.54. The number of carbonyl (C=O) groups is 2. The second-order valence-corrected chi connectivity index (χ2v) is 6.69. The Hall–Kier alpha value is -2.05. The Morgan fingerprint density at radius 2 is 2.09 bits per heavy atom. The van der Waals surface area contributed by atoms with Gasteiger partial charge in [0, 0.05) is 25.8 Å². The summed E-state index contributed by atoms with van der Waals surface area (Å²) >= 11 is 0. The van der Waals surface area contributed by atoms with Crippen LogP contribution < -0.4 is 5.73 Å². The molecular weight excluding hydrogens is 294 g/mol. The molecule has 3 heterocycles. The van der Waals surface area contributed by atoms with Crippen molar-refractivity contribution in [3.8, 4) is 0 Å². The van der Waals surface area contributed by atoms with Gasteiger partial charge in [-0.05, 0) is 38.2 Å². The molecule has 0 aromatic carbocycles. The molecule has 3 rings (SSSR count). The summed E-state index contributed by atoms with van der Waals surface area (Å²) in [6.07, 6.45) is 7.58. The fraction of sp³-hybridized carbons (Fsp3) is 0.688. The van der Waals surface area contributed by atoms with Gasteiger partial charge < -0.3 is 15.5 Å². The number of carbonyl (C=O) groups excluding carboxylic acids is 2. The smallest absolute Gasteiger partial charge is 0.314 e. The van der Waals surface area contributed by atoms with Crippen molar-refractivity contribution in [2.24, 2.45) is 11.7 Å². The SMILES string of the molecule is Cc1cnn(C[C@H]2CCCN2C(=O)[C@@H]2CCCN(C(N)=O)C2)c1. The normalized spacial score (nSPS) is 24.9. The number of hydrogen-bond donors (Lipinski definition) is 1. The molecule has 7 nitrogen and oxygen atoms in total. The maximum Gasteiger partial charge on any atom is 0.314 e. The van der Waals surface area contributed by atoms with E-state index in [2.05, 4.69) is 5.10 Å². The fourth-order valence-corrected chi connectivity index (χ4v) is 3.71. The van der Waals surface area contributed by atoms with Gasteiger partial charge in [-0.1, -0.05) is 0 Å². The predicted octanol–water partition coefficient (Wildman–Crippen LogP) is 0.973. The van der Waals surface area contributed by atoms with Crippen molar-refractivity contribution in [2.45, 2.75) is 45.2 Å². The van der Waals surface area contributed by atoms with Gasteiger partial charge in [-0.3, -0.25) is 9.48 Å². The number of aromatic nitrogens is 2.